The largest absolute Gasteiger partial charge is 0.491 e. The molecule has 1 unspecified atom stereocenters. The Labute approximate surface area is 113 Å². The van der Waals surface area contributed by atoms with Crippen LogP contribution in [0.15, 0.2) is 41.0 Å². The average molecular weight is 260 g/mol. The molecule has 102 valence electrons. The molecule has 0 saturated heterocycles. The van der Waals surface area contributed by atoms with E-state index in [2.05, 4.69) is 0 Å². The van der Waals surface area contributed by atoms with E-state index in [4.69, 9.17) is 9.15 Å². The van der Waals surface area contributed by atoms with E-state index in [0.29, 0.717) is 5.75 Å². The first-order valence-corrected chi connectivity index (χ1v) is 6.63. The summed E-state index contributed by atoms with van der Waals surface area (Å²) < 4.78 is 11.1. The van der Waals surface area contributed by atoms with Crippen molar-refractivity contribution in [1.82, 2.24) is 0 Å². The van der Waals surface area contributed by atoms with E-state index in [1.807, 2.05) is 51.1 Å². The van der Waals surface area contributed by atoms with Crippen LogP contribution in [0.25, 0.3) is 0 Å². The molecule has 1 aromatic heterocycles. The van der Waals surface area contributed by atoms with Crippen LogP contribution in [0.2, 0.25) is 0 Å². The van der Waals surface area contributed by atoms with Crippen molar-refractivity contribution in [3.8, 4) is 5.75 Å². The molecule has 19 heavy (non-hydrogen) atoms. The monoisotopic (exact) mass is 260 g/mol. The van der Waals surface area contributed by atoms with Crippen molar-refractivity contribution in [3.63, 3.8) is 0 Å². The molecule has 1 aromatic carbocycles. The number of aryl methyl sites for hydroxylation is 1. The molecule has 0 aliphatic heterocycles. The third kappa shape index (κ3) is 2.99. The fourth-order valence-electron chi connectivity index (χ4n) is 2.12. The molecule has 0 saturated carbocycles. The molecule has 0 radical (unpaired) electrons. The lowest BCUT2D eigenvalue weighted by Gasteiger charge is -2.18. The number of rotatable bonds is 5. The molecule has 1 heterocycles. The summed E-state index contributed by atoms with van der Waals surface area (Å²) in [5, 5.41) is 10.5. The number of hydrogen-bond acceptors (Lipinski definition) is 3. The highest BCUT2D eigenvalue weighted by atomic mass is 16.5. The molecule has 2 aromatic rings. The van der Waals surface area contributed by atoms with E-state index in [1.54, 1.807) is 6.26 Å². The fraction of sp³-hybridized carbons (Fsp3) is 0.375. The predicted octanol–water partition coefficient (Wildman–Crippen LogP) is 3.71. The number of furan rings is 1. The Balaban J connectivity index is 2.36. The van der Waals surface area contributed by atoms with Crippen LogP contribution in [0, 0.1) is 0 Å². The summed E-state index contributed by atoms with van der Waals surface area (Å²) in [7, 11) is 0. The van der Waals surface area contributed by atoms with Gasteiger partial charge in [-0.2, -0.15) is 0 Å². The molecular weight excluding hydrogens is 240 g/mol. The Kier molecular flexibility index (Phi) is 4.27. The summed E-state index contributed by atoms with van der Waals surface area (Å²) in [6, 6.07) is 9.39. The topological polar surface area (TPSA) is 42.6 Å². The molecule has 0 fully saturated rings. The van der Waals surface area contributed by atoms with Crippen molar-refractivity contribution in [2.45, 2.75) is 39.4 Å². The van der Waals surface area contributed by atoms with Crippen molar-refractivity contribution in [2.75, 3.05) is 0 Å². The molecule has 2 rings (SSSR count). The van der Waals surface area contributed by atoms with Crippen LogP contribution >= 0.6 is 0 Å². The quantitative estimate of drug-likeness (QED) is 0.891. The van der Waals surface area contributed by atoms with Gasteiger partial charge >= 0.3 is 0 Å². The van der Waals surface area contributed by atoms with Gasteiger partial charge < -0.3 is 14.3 Å². The lowest BCUT2D eigenvalue weighted by atomic mass is 10.0. The van der Waals surface area contributed by atoms with E-state index >= 15 is 0 Å². The van der Waals surface area contributed by atoms with Gasteiger partial charge in [0.05, 0.1) is 12.4 Å². The van der Waals surface area contributed by atoms with Crippen LogP contribution in [0.4, 0.5) is 0 Å². The minimum Gasteiger partial charge on any atom is -0.491 e. The van der Waals surface area contributed by atoms with Crippen molar-refractivity contribution < 1.29 is 14.3 Å². The average Bonchev–Trinajstić information content (AvgIpc) is 2.86. The molecule has 3 nitrogen and oxygen atoms in total. The minimum atomic E-state index is -0.719. The number of ether oxygens (including phenoxy) is 1. The Morgan fingerprint density at radius 1 is 1.16 bits per heavy atom. The van der Waals surface area contributed by atoms with Crippen LogP contribution in [0.5, 0.6) is 5.75 Å². The first kappa shape index (κ1) is 13.7. The van der Waals surface area contributed by atoms with Crippen LogP contribution in [0.1, 0.15) is 43.8 Å². The highest BCUT2D eigenvalue weighted by Gasteiger charge is 2.20. The van der Waals surface area contributed by atoms with Crippen LogP contribution in [0.3, 0.4) is 0 Å². The second-order valence-electron chi connectivity index (χ2n) is 4.76. The Bertz CT molecular complexity index is 528. The minimum absolute atomic E-state index is 0.0725. The summed E-state index contributed by atoms with van der Waals surface area (Å²) >= 11 is 0. The van der Waals surface area contributed by atoms with Gasteiger partial charge in [0.1, 0.15) is 17.6 Å². The smallest absolute Gasteiger partial charge is 0.125 e. The zero-order chi connectivity index (χ0) is 13.8. The van der Waals surface area contributed by atoms with Crippen LogP contribution in [-0.4, -0.2) is 11.2 Å². The Morgan fingerprint density at radius 2 is 1.89 bits per heavy atom. The normalized spacial score (nSPS) is 12.7. The van der Waals surface area contributed by atoms with Gasteiger partial charge in [-0.25, -0.2) is 0 Å². The zero-order valence-corrected chi connectivity index (χ0v) is 11.6. The highest BCUT2D eigenvalue weighted by Crippen LogP contribution is 2.32. The Hall–Kier alpha value is -1.74. The molecule has 0 aliphatic rings. The van der Waals surface area contributed by atoms with E-state index in [9.17, 15) is 5.11 Å². The van der Waals surface area contributed by atoms with E-state index in [1.165, 1.54) is 0 Å². The van der Waals surface area contributed by atoms with E-state index in [-0.39, 0.29) is 6.10 Å². The number of aliphatic hydroxyl groups is 1. The van der Waals surface area contributed by atoms with Crippen molar-refractivity contribution >= 4 is 0 Å². The molecule has 0 bridgehead atoms. The maximum Gasteiger partial charge on any atom is 0.125 e. The molecule has 0 spiro atoms. The third-order valence-electron chi connectivity index (χ3n) is 2.97. The van der Waals surface area contributed by atoms with Crippen molar-refractivity contribution in [2.24, 2.45) is 0 Å². The zero-order valence-electron chi connectivity index (χ0n) is 11.6. The van der Waals surface area contributed by atoms with Gasteiger partial charge in [-0.1, -0.05) is 25.1 Å². The van der Waals surface area contributed by atoms with Gasteiger partial charge in [-0.3, -0.25) is 0 Å². The molecular formula is C16H20O3. The fourth-order valence-corrected chi connectivity index (χ4v) is 2.12. The molecule has 3 heteroatoms. The van der Waals surface area contributed by atoms with Gasteiger partial charge in [0.2, 0.25) is 0 Å². The van der Waals surface area contributed by atoms with Gasteiger partial charge in [0.25, 0.3) is 0 Å². The van der Waals surface area contributed by atoms with Gasteiger partial charge in [0.15, 0.2) is 0 Å². The number of hydrogen-bond donors (Lipinski definition) is 1. The summed E-state index contributed by atoms with van der Waals surface area (Å²) in [6.45, 7) is 5.95. The van der Waals surface area contributed by atoms with Crippen molar-refractivity contribution in [3.05, 3.63) is 53.5 Å². The second-order valence-corrected chi connectivity index (χ2v) is 4.76. The molecule has 1 atom stereocenters. The molecule has 1 N–H and O–H groups in total. The number of para-hydroxylation sites is 1. The summed E-state index contributed by atoms with van der Waals surface area (Å²) in [5.41, 5.74) is 1.58. The first-order chi connectivity index (χ1) is 9.13. The standard InChI is InChI=1S/C16H20O3/c1-4-14-13(9-10-18-14)16(17)12-7-5-6-8-15(12)19-11(2)3/h5-11,16-17H,4H2,1-3H3. The Morgan fingerprint density at radius 3 is 2.58 bits per heavy atom. The van der Waals surface area contributed by atoms with Crippen molar-refractivity contribution in [1.29, 1.82) is 0 Å². The summed E-state index contributed by atoms with van der Waals surface area (Å²) in [4.78, 5) is 0. The maximum absolute atomic E-state index is 10.5. The van der Waals surface area contributed by atoms with Gasteiger partial charge in [0, 0.05) is 17.5 Å². The number of benzene rings is 1. The lowest BCUT2D eigenvalue weighted by molar-refractivity contribution is 0.196. The van der Waals surface area contributed by atoms with E-state index in [0.717, 1.165) is 23.3 Å². The SMILES string of the molecule is CCc1occc1C(O)c1ccccc1OC(C)C. The highest BCUT2D eigenvalue weighted by molar-refractivity contribution is 5.41. The summed E-state index contributed by atoms with van der Waals surface area (Å²) in [6.07, 6.45) is 1.72. The summed E-state index contributed by atoms with van der Waals surface area (Å²) in [5.74, 6) is 1.53. The first-order valence-electron chi connectivity index (χ1n) is 6.63. The number of aliphatic hydroxyl groups excluding tert-OH is 1. The predicted molar refractivity (Wildman–Crippen MR) is 74.4 cm³/mol. The molecule has 0 aliphatic carbocycles. The maximum atomic E-state index is 10.5. The third-order valence-corrected chi connectivity index (χ3v) is 2.97. The van der Waals surface area contributed by atoms with Crippen LogP contribution < -0.4 is 4.74 Å². The lowest BCUT2D eigenvalue weighted by Crippen LogP contribution is -2.10. The van der Waals surface area contributed by atoms with Gasteiger partial charge in [-0.05, 0) is 26.0 Å². The van der Waals surface area contributed by atoms with E-state index < -0.39 is 6.10 Å². The second kappa shape index (κ2) is 5.93. The van der Waals surface area contributed by atoms with Gasteiger partial charge in [-0.15, -0.1) is 0 Å². The molecule has 0 amide bonds. The van der Waals surface area contributed by atoms with Crippen LogP contribution in [-0.2, 0) is 6.42 Å².